The van der Waals surface area contributed by atoms with E-state index in [4.69, 9.17) is 10.5 Å². The Hall–Kier alpha value is -1.03. The van der Waals surface area contributed by atoms with Gasteiger partial charge in [-0.1, -0.05) is 0 Å². The Morgan fingerprint density at radius 2 is 2.23 bits per heavy atom. The van der Waals surface area contributed by atoms with Gasteiger partial charge >= 0.3 is 0 Å². The molecule has 1 aromatic rings. The molecule has 1 saturated heterocycles. The average molecular weight is 181 g/mol. The van der Waals surface area contributed by atoms with Crippen LogP contribution in [-0.4, -0.2) is 23.0 Å². The highest BCUT2D eigenvalue weighted by atomic mass is 16.5. The quantitative estimate of drug-likeness (QED) is 0.700. The maximum atomic E-state index is 5.80. The number of nitrogens with zero attached hydrogens (tertiary/aromatic N) is 2. The molecule has 13 heavy (non-hydrogen) atoms. The first-order valence-corrected chi connectivity index (χ1v) is 4.64. The summed E-state index contributed by atoms with van der Waals surface area (Å²) in [5.74, 6) is 1.22. The molecule has 4 heteroatoms. The first-order chi connectivity index (χ1) is 6.27. The van der Waals surface area contributed by atoms with E-state index < -0.39 is 0 Å². The fourth-order valence-corrected chi connectivity index (χ4v) is 1.85. The van der Waals surface area contributed by atoms with Crippen LogP contribution in [0.5, 0.6) is 0 Å². The molecule has 0 unspecified atom stereocenters. The second-order valence-electron chi connectivity index (χ2n) is 3.53. The number of hydrogen-bond donors (Lipinski definition) is 1. The molecule has 1 aliphatic rings. The van der Waals surface area contributed by atoms with E-state index in [-0.39, 0.29) is 0 Å². The minimum atomic E-state index is 0.544. The maximum absolute atomic E-state index is 5.80. The first-order valence-electron chi connectivity index (χ1n) is 4.64. The van der Waals surface area contributed by atoms with E-state index in [1.807, 2.05) is 13.2 Å². The van der Waals surface area contributed by atoms with Crippen LogP contribution in [0.1, 0.15) is 24.3 Å². The van der Waals surface area contributed by atoms with Gasteiger partial charge < -0.3 is 10.5 Å². The Labute approximate surface area is 77.7 Å². The van der Waals surface area contributed by atoms with Crippen molar-refractivity contribution in [3.63, 3.8) is 0 Å². The predicted octanol–water partition coefficient (Wildman–Crippen LogP) is 0.896. The Bertz CT molecular complexity index is 289. The van der Waals surface area contributed by atoms with Gasteiger partial charge in [-0.15, -0.1) is 0 Å². The smallest absolute Gasteiger partial charge is 0.148 e. The minimum Gasteiger partial charge on any atom is -0.382 e. The molecule has 1 aliphatic heterocycles. The molecule has 2 N–H and O–H groups in total. The molecule has 0 radical (unpaired) electrons. The fourth-order valence-electron chi connectivity index (χ4n) is 1.85. The van der Waals surface area contributed by atoms with Gasteiger partial charge in [-0.05, 0) is 18.8 Å². The van der Waals surface area contributed by atoms with Gasteiger partial charge in [0.2, 0.25) is 0 Å². The van der Waals surface area contributed by atoms with Crippen LogP contribution in [0.2, 0.25) is 0 Å². The highest BCUT2D eigenvalue weighted by molar-refractivity contribution is 5.40. The lowest BCUT2D eigenvalue weighted by Crippen LogP contribution is -2.14. The number of ether oxygens (including phenoxy) is 1. The molecule has 0 spiro atoms. The van der Waals surface area contributed by atoms with Gasteiger partial charge in [0.25, 0.3) is 0 Å². The van der Waals surface area contributed by atoms with Crippen LogP contribution in [-0.2, 0) is 11.8 Å². The molecule has 0 atom stereocenters. The van der Waals surface area contributed by atoms with Crippen molar-refractivity contribution >= 4 is 5.82 Å². The number of nitrogens with two attached hydrogens (primary N) is 1. The first kappa shape index (κ1) is 8.56. The summed E-state index contributed by atoms with van der Waals surface area (Å²) in [5, 5.41) is 4.14. The lowest BCUT2D eigenvalue weighted by atomic mass is 9.94. The zero-order chi connectivity index (χ0) is 9.26. The van der Waals surface area contributed by atoms with E-state index in [0.717, 1.165) is 26.1 Å². The van der Waals surface area contributed by atoms with Crippen LogP contribution in [0.25, 0.3) is 0 Å². The van der Waals surface area contributed by atoms with E-state index in [2.05, 4.69) is 5.10 Å². The van der Waals surface area contributed by atoms with Crippen molar-refractivity contribution in [2.75, 3.05) is 18.9 Å². The number of aryl methyl sites for hydroxylation is 1. The molecular weight excluding hydrogens is 166 g/mol. The van der Waals surface area contributed by atoms with Gasteiger partial charge in [-0.3, -0.25) is 4.68 Å². The van der Waals surface area contributed by atoms with Gasteiger partial charge in [0.05, 0.1) is 0 Å². The molecule has 0 saturated carbocycles. The number of aromatic nitrogens is 2. The minimum absolute atomic E-state index is 0.544. The normalized spacial score (nSPS) is 19.2. The average Bonchev–Trinajstić information content (AvgIpc) is 2.47. The number of rotatable bonds is 1. The zero-order valence-electron chi connectivity index (χ0n) is 7.86. The van der Waals surface area contributed by atoms with E-state index in [0.29, 0.717) is 11.7 Å². The third kappa shape index (κ3) is 1.67. The Morgan fingerprint density at radius 3 is 2.77 bits per heavy atom. The molecule has 0 aliphatic carbocycles. The van der Waals surface area contributed by atoms with Gasteiger partial charge in [0, 0.05) is 32.0 Å². The van der Waals surface area contributed by atoms with Crippen LogP contribution in [0.3, 0.4) is 0 Å². The standard InChI is InChI=1S/C9H15N3O/c1-12-6-8(9(10)11-12)7-2-4-13-5-3-7/h6-7H,2-5H2,1H3,(H2,10,11). The van der Waals surface area contributed by atoms with Crippen molar-refractivity contribution in [2.24, 2.45) is 7.05 Å². The van der Waals surface area contributed by atoms with Crippen molar-refractivity contribution in [3.05, 3.63) is 11.8 Å². The topological polar surface area (TPSA) is 53.1 Å². The molecule has 4 nitrogen and oxygen atoms in total. The van der Waals surface area contributed by atoms with Crippen molar-refractivity contribution in [3.8, 4) is 0 Å². The third-order valence-electron chi connectivity index (χ3n) is 2.55. The second-order valence-corrected chi connectivity index (χ2v) is 3.53. The summed E-state index contributed by atoms with van der Waals surface area (Å²) in [6.45, 7) is 1.69. The third-order valence-corrected chi connectivity index (χ3v) is 2.55. The summed E-state index contributed by atoms with van der Waals surface area (Å²) in [7, 11) is 1.90. The lowest BCUT2D eigenvalue weighted by molar-refractivity contribution is 0.0854. The van der Waals surface area contributed by atoms with Gasteiger partial charge in [-0.25, -0.2) is 0 Å². The van der Waals surface area contributed by atoms with Gasteiger partial charge in [0.1, 0.15) is 5.82 Å². The van der Waals surface area contributed by atoms with Crippen LogP contribution in [0.15, 0.2) is 6.20 Å². The Morgan fingerprint density at radius 1 is 1.54 bits per heavy atom. The fraction of sp³-hybridized carbons (Fsp3) is 0.667. The van der Waals surface area contributed by atoms with Gasteiger partial charge in [0.15, 0.2) is 0 Å². The van der Waals surface area contributed by atoms with E-state index in [1.54, 1.807) is 4.68 Å². The number of anilines is 1. The molecule has 1 fully saturated rings. The summed E-state index contributed by atoms with van der Waals surface area (Å²) in [6, 6.07) is 0. The van der Waals surface area contributed by atoms with Crippen LogP contribution in [0.4, 0.5) is 5.82 Å². The molecule has 72 valence electrons. The zero-order valence-corrected chi connectivity index (χ0v) is 7.86. The molecule has 1 aromatic heterocycles. The van der Waals surface area contributed by atoms with Crippen LogP contribution in [0, 0.1) is 0 Å². The Kier molecular flexibility index (Phi) is 2.22. The summed E-state index contributed by atoms with van der Waals surface area (Å²) in [4.78, 5) is 0. The monoisotopic (exact) mass is 181 g/mol. The Balaban J connectivity index is 2.18. The summed E-state index contributed by atoms with van der Waals surface area (Å²) in [5.41, 5.74) is 6.99. The van der Waals surface area contributed by atoms with E-state index in [1.165, 1.54) is 5.56 Å². The maximum Gasteiger partial charge on any atom is 0.148 e. The summed E-state index contributed by atoms with van der Waals surface area (Å²) >= 11 is 0. The summed E-state index contributed by atoms with van der Waals surface area (Å²) in [6.07, 6.45) is 4.15. The highest BCUT2D eigenvalue weighted by Gasteiger charge is 2.19. The SMILES string of the molecule is Cn1cc(C2CCOCC2)c(N)n1. The van der Waals surface area contributed by atoms with Crippen LogP contribution < -0.4 is 5.73 Å². The molecule has 0 amide bonds. The lowest BCUT2D eigenvalue weighted by Gasteiger charge is -2.21. The van der Waals surface area contributed by atoms with E-state index >= 15 is 0 Å². The van der Waals surface area contributed by atoms with Crippen LogP contribution >= 0.6 is 0 Å². The highest BCUT2D eigenvalue weighted by Crippen LogP contribution is 2.29. The number of hydrogen-bond acceptors (Lipinski definition) is 3. The summed E-state index contributed by atoms with van der Waals surface area (Å²) < 4.78 is 7.08. The molecule has 0 bridgehead atoms. The van der Waals surface area contributed by atoms with Crippen molar-refractivity contribution in [1.29, 1.82) is 0 Å². The second kappa shape index (κ2) is 3.38. The van der Waals surface area contributed by atoms with Crippen molar-refractivity contribution in [2.45, 2.75) is 18.8 Å². The predicted molar refractivity (Wildman–Crippen MR) is 50.4 cm³/mol. The molecule has 0 aromatic carbocycles. The molecule has 2 heterocycles. The van der Waals surface area contributed by atoms with Crippen molar-refractivity contribution in [1.82, 2.24) is 9.78 Å². The van der Waals surface area contributed by atoms with Gasteiger partial charge in [-0.2, -0.15) is 5.10 Å². The number of nitrogen functional groups attached to an aromatic ring is 1. The van der Waals surface area contributed by atoms with E-state index in [9.17, 15) is 0 Å². The van der Waals surface area contributed by atoms with Crippen molar-refractivity contribution < 1.29 is 4.74 Å². The molecular formula is C9H15N3O. The largest absolute Gasteiger partial charge is 0.382 e. The molecule has 2 rings (SSSR count).